The molecule has 2 heterocycles. The summed E-state index contributed by atoms with van der Waals surface area (Å²) in [5.41, 5.74) is -0.446. The van der Waals surface area contributed by atoms with Crippen LogP contribution in [0.25, 0.3) is 11.5 Å². The van der Waals surface area contributed by atoms with E-state index in [1.54, 1.807) is 6.07 Å². The molecular weight excluding hydrogens is 313 g/mol. The standard InChI is InChI=1S/C14H9F3N4O2/c15-14(16,17)9-3-1-8(2-4-9)13-19-10(7-23-13)12(22)20-11-5-6-18-21-11/h1-7H,(H2,18,20,21,22). The zero-order chi connectivity index (χ0) is 16.4. The summed E-state index contributed by atoms with van der Waals surface area (Å²) in [7, 11) is 0. The lowest BCUT2D eigenvalue weighted by atomic mass is 10.1. The molecule has 118 valence electrons. The van der Waals surface area contributed by atoms with Crippen LogP contribution in [-0.2, 0) is 6.18 Å². The van der Waals surface area contributed by atoms with Crippen molar-refractivity contribution in [2.45, 2.75) is 6.18 Å². The molecule has 0 bridgehead atoms. The van der Waals surface area contributed by atoms with Crippen LogP contribution in [0.1, 0.15) is 16.1 Å². The van der Waals surface area contributed by atoms with Crippen molar-refractivity contribution in [3.8, 4) is 11.5 Å². The number of amides is 1. The Morgan fingerprint density at radius 2 is 1.91 bits per heavy atom. The maximum atomic E-state index is 12.5. The molecule has 6 nitrogen and oxygen atoms in total. The van der Waals surface area contributed by atoms with Crippen molar-refractivity contribution in [2.24, 2.45) is 0 Å². The highest BCUT2D eigenvalue weighted by molar-refractivity contribution is 6.02. The fraction of sp³-hybridized carbons (Fsp3) is 0.0714. The Kier molecular flexibility index (Phi) is 3.61. The van der Waals surface area contributed by atoms with Crippen LogP contribution in [0.15, 0.2) is 47.2 Å². The Labute approximate surface area is 127 Å². The van der Waals surface area contributed by atoms with E-state index >= 15 is 0 Å². The molecule has 0 spiro atoms. The number of carbonyl (C=O) groups excluding carboxylic acids is 1. The van der Waals surface area contributed by atoms with Gasteiger partial charge in [0, 0.05) is 11.6 Å². The van der Waals surface area contributed by atoms with Gasteiger partial charge < -0.3 is 9.73 Å². The van der Waals surface area contributed by atoms with E-state index in [0.29, 0.717) is 11.4 Å². The number of aromatic nitrogens is 3. The van der Waals surface area contributed by atoms with Crippen molar-refractivity contribution >= 4 is 11.7 Å². The van der Waals surface area contributed by atoms with E-state index < -0.39 is 17.6 Å². The second-order valence-electron chi connectivity index (χ2n) is 4.54. The molecule has 0 aliphatic rings. The fourth-order valence-corrected chi connectivity index (χ4v) is 1.82. The van der Waals surface area contributed by atoms with Crippen LogP contribution in [-0.4, -0.2) is 21.1 Å². The Hall–Kier alpha value is -3.10. The lowest BCUT2D eigenvalue weighted by Crippen LogP contribution is -2.12. The van der Waals surface area contributed by atoms with Gasteiger partial charge in [-0.3, -0.25) is 9.89 Å². The van der Waals surface area contributed by atoms with Crippen LogP contribution >= 0.6 is 0 Å². The molecule has 3 rings (SSSR count). The van der Waals surface area contributed by atoms with Crippen LogP contribution < -0.4 is 5.32 Å². The SMILES string of the molecule is O=C(Nc1ccn[nH]1)c1coc(-c2ccc(C(F)(F)F)cc2)n1. The van der Waals surface area contributed by atoms with E-state index in [0.717, 1.165) is 18.4 Å². The van der Waals surface area contributed by atoms with Gasteiger partial charge >= 0.3 is 6.18 Å². The molecule has 2 aromatic heterocycles. The van der Waals surface area contributed by atoms with Crippen LogP contribution in [0.2, 0.25) is 0 Å². The van der Waals surface area contributed by atoms with Gasteiger partial charge in [0.2, 0.25) is 5.89 Å². The van der Waals surface area contributed by atoms with Gasteiger partial charge in [-0.1, -0.05) is 0 Å². The van der Waals surface area contributed by atoms with E-state index in [1.165, 1.54) is 18.3 Å². The molecule has 2 N–H and O–H groups in total. The first-order valence-electron chi connectivity index (χ1n) is 6.37. The van der Waals surface area contributed by atoms with Crippen molar-refractivity contribution in [3.63, 3.8) is 0 Å². The van der Waals surface area contributed by atoms with E-state index in [4.69, 9.17) is 4.42 Å². The van der Waals surface area contributed by atoms with Gasteiger partial charge in [0.1, 0.15) is 12.1 Å². The topological polar surface area (TPSA) is 83.8 Å². The lowest BCUT2D eigenvalue weighted by molar-refractivity contribution is -0.137. The third-order valence-electron chi connectivity index (χ3n) is 2.94. The number of anilines is 1. The summed E-state index contributed by atoms with van der Waals surface area (Å²) >= 11 is 0. The van der Waals surface area contributed by atoms with Crippen LogP contribution in [0.3, 0.4) is 0 Å². The molecule has 0 saturated carbocycles. The molecule has 23 heavy (non-hydrogen) atoms. The number of H-pyrrole nitrogens is 1. The number of hydrogen-bond acceptors (Lipinski definition) is 4. The van der Waals surface area contributed by atoms with Crippen LogP contribution in [0.5, 0.6) is 0 Å². The van der Waals surface area contributed by atoms with Gasteiger partial charge in [0.25, 0.3) is 5.91 Å². The number of alkyl halides is 3. The summed E-state index contributed by atoms with van der Waals surface area (Å²) in [6, 6.07) is 5.85. The zero-order valence-electron chi connectivity index (χ0n) is 11.4. The van der Waals surface area contributed by atoms with Crippen molar-refractivity contribution in [1.29, 1.82) is 0 Å². The van der Waals surface area contributed by atoms with Gasteiger partial charge in [-0.25, -0.2) is 4.98 Å². The molecule has 0 fully saturated rings. The molecule has 0 aliphatic heterocycles. The lowest BCUT2D eigenvalue weighted by Gasteiger charge is -2.05. The summed E-state index contributed by atoms with van der Waals surface area (Å²) in [6.07, 6.45) is -1.82. The summed E-state index contributed by atoms with van der Waals surface area (Å²) in [4.78, 5) is 15.9. The molecule has 0 unspecified atom stereocenters. The third-order valence-corrected chi connectivity index (χ3v) is 2.94. The number of nitrogens with zero attached hydrogens (tertiary/aromatic N) is 2. The van der Waals surface area contributed by atoms with E-state index in [2.05, 4.69) is 20.5 Å². The Morgan fingerprint density at radius 1 is 1.17 bits per heavy atom. The number of nitrogens with one attached hydrogen (secondary N) is 2. The molecule has 9 heteroatoms. The highest BCUT2D eigenvalue weighted by Crippen LogP contribution is 2.30. The van der Waals surface area contributed by atoms with Gasteiger partial charge in [0.15, 0.2) is 5.69 Å². The monoisotopic (exact) mass is 322 g/mol. The normalized spacial score (nSPS) is 11.4. The molecule has 0 radical (unpaired) electrons. The summed E-state index contributed by atoms with van der Waals surface area (Å²) in [5, 5.41) is 8.73. The molecule has 0 atom stereocenters. The number of oxazole rings is 1. The van der Waals surface area contributed by atoms with Gasteiger partial charge in [0.05, 0.1) is 11.8 Å². The van der Waals surface area contributed by atoms with Crippen LogP contribution in [0.4, 0.5) is 19.0 Å². The molecule has 1 amide bonds. The van der Waals surface area contributed by atoms with Gasteiger partial charge in [-0.15, -0.1) is 0 Å². The summed E-state index contributed by atoms with van der Waals surface area (Å²) in [6.45, 7) is 0. The van der Waals surface area contributed by atoms with E-state index in [9.17, 15) is 18.0 Å². The Bertz CT molecular complexity index is 807. The van der Waals surface area contributed by atoms with Gasteiger partial charge in [-0.2, -0.15) is 18.3 Å². The van der Waals surface area contributed by atoms with E-state index in [1.807, 2.05) is 0 Å². The molecule has 1 aromatic carbocycles. The number of carbonyl (C=O) groups is 1. The first kappa shape index (κ1) is 14.8. The van der Waals surface area contributed by atoms with Crippen molar-refractivity contribution in [2.75, 3.05) is 5.32 Å². The first-order chi connectivity index (χ1) is 10.9. The highest BCUT2D eigenvalue weighted by Gasteiger charge is 2.30. The van der Waals surface area contributed by atoms with Crippen molar-refractivity contribution in [1.82, 2.24) is 15.2 Å². The smallest absolute Gasteiger partial charge is 0.416 e. The second kappa shape index (κ2) is 5.59. The maximum absolute atomic E-state index is 12.5. The number of halogens is 3. The second-order valence-corrected chi connectivity index (χ2v) is 4.54. The van der Waals surface area contributed by atoms with Gasteiger partial charge in [-0.05, 0) is 24.3 Å². The van der Waals surface area contributed by atoms with E-state index in [-0.39, 0.29) is 11.6 Å². The minimum absolute atomic E-state index is 0.00509. The predicted octanol–water partition coefficient (Wildman–Crippen LogP) is 3.34. The number of benzene rings is 1. The van der Waals surface area contributed by atoms with Crippen molar-refractivity contribution < 1.29 is 22.4 Å². The predicted molar refractivity (Wildman–Crippen MR) is 73.5 cm³/mol. The molecule has 0 saturated heterocycles. The minimum atomic E-state index is -4.41. The third kappa shape index (κ3) is 3.23. The molecular formula is C14H9F3N4O2. The van der Waals surface area contributed by atoms with Crippen molar-refractivity contribution in [3.05, 3.63) is 54.0 Å². The first-order valence-corrected chi connectivity index (χ1v) is 6.37. The average Bonchev–Trinajstić information content (AvgIpc) is 3.17. The quantitative estimate of drug-likeness (QED) is 0.774. The van der Waals surface area contributed by atoms with Crippen LogP contribution in [0, 0.1) is 0 Å². The minimum Gasteiger partial charge on any atom is -0.444 e. The fourth-order valence-electron chi connectivity index (χ4n) is 1.82. The summed E-state index contributed by atoms with van der Waals surface area (Å²) in [5.74, 6) is -0.0984. The number of aromatic amines is 1. The molecule has 3 aromatic rings. The highest BCUT2D eigenvalue weighted by atomic mass is 19.4. The number of hydrogen-bond donors (Lipinski definition) is 2. The summed E-state index contributed by atoms with van der Waals surface area (Å²) < 4.78 is 42.7. The average molecular weight is 322 g/mol. The Morgan fingerprint density at radius 3 is 2.52 bits per heavy atom. The maximum Gasteiger partial charge on any atom is 0.416 e. The number of rotatable bonds is 3. The largest absolute Gasteiger partial charge is 0.444 e. The zero-order valence-corrected chi connectivity index (χ0v) is 11.4. The Balaban J connectivity index is 1.77. The molecule has 0 aliphatic carbocycles.